The lowest BCUT2D eigenvalue weighted by atomic mass is 10.0. The lowest BCUT2D eigenvalue weighted by molar-refractivity contribution is 0.414. The first-order valence-corrected chi connectivity index (χ1v) is 5.28. The predicted molar refractivity (Wildman–Crippen MR) is 64.3 cm³/mol. The van der Waals surface area contributed by atoms with Gasteiger partial charge < -0.3 is 15.8 Å². The Hall–Kier alpha value is -1.22. The smallest absolute Gasteiger partial charge is 0.141 e. The molecule has 0 aliphatic rings. The fourth-order valence-electron chi connectivity index (χ4n) is 1.46. The molecule has 0 aliphatic carbocycles. The minimum atomic E-state index is 0.279. The van der Waals surface area contributed by atoms with Gasteiger partial charge in [-0.2, -0.15) is 0 Å². The molecule has 3 heteroatoms. The molecule has 1 aromatic carbocycles. The summed E-state index contributed by atoms with van der Waals surface area (Å²) in [5.41, 5.74) is 6.71. The van der Waals surface area contributed by atoms with Crippen LogP contribution in [-0.4, -0.2) is 19.7 Å². The number of anilines is 1. The van der Waals surface area contributed by atoms with E-state index in [1.807, 2.05) is 24.3 Å². The van der Waals surface area contributed by atoms with Crippen molar-refractivity contribution < 1.29 is 4.74 Å². The molecule has 3 nitrogen and oxygen atoms in total. The van der Waals surface area contributed by atoms with E-state index in [4.69, 9.17) is 10.5 Å². The zero-order valence-electron chi connectivity index (χ0n) is 9.66. The van der Waals surface area contributed by atoms with E-state index in [-0.39, 0.29) is 6.04 Å². The molecule has 84 valence electrons. The van der Waals surface area contributed by atoms with Crippen molar-refractivity contribution in [2.75, 3.05) is 19.0 Å². The van der Waals surface area contributed by atoms with Crippen molar-refractivity contribution in [1.29, 1.82) is 0 Å². The fourth-order valence-corrected chi connectivity index (χ4v) is 1.46. The number of nitrogens with one attached hydrogen (secondary N) is 1. The van der Waals surface area contributed by atoms with Crippen LogP contribution in [0.1, 0.15) is 13.8 Å². The number of rotatable bonds is 5. The number of ether oxygens (including phenoxy) is 1. The van der Waals surface area contributed by atoms with Crippen molar-refractivity contribution in [3.8, 4) is 5.75 Å². The fraction of sp³-hybridized carbons (Fsp3) is 0.500. The van der Waals surface area contributed by atoms with Crippen molar-refractivity contribution in [2.24, 2.45) is 11.7 Å². The van der Waals surface area contributed by atoms with E-state index in [1.54, 1.807) is 7.11 Å². The third-order valence-corrected chi connectivity index (χ3v) is 2.51. The second kappa shape index (κ2) is 5.61. The van der Waals surface area contributed by atoms with Gasteiger partial charge in [0, 0.05) is 12.6 Å². The largest absolute Gasteiger partial charge is 0.495 e. The van der Waals surface area contributed by atoms with E-state index in [9.17, 15) is 0 Å². The summed E-state index contributed by atoms with van der Waals surface area (Å²) in [5.74, 6) is 1.36. The van der Waals surface area contributed by atoms with Gasteiger partial charge in [0.15, 0.2) is 0 Å². The van der Waals surface area contributed by atoms with Crippen LogP contribution in [0.15, 0.2) is 24.3 Å². The Kier molecular flexibility index (Phi) is 4.43. The lowest BCUT2D eigenvalue weighted by Gasteiger charge is -2.22. The van der Waals surface area contributed by atoms with E-state index < -0.39 is 0 Å². The molecule has 0 aromatic heterocycles. The summed E-state index contributed by atoms with van der Waals surface area (Å²) in [6, 6.07) is 8.16. The highest BCUT2D eigenvalue weighted by molar-refractivity contribution is 5.56. The maximum absolute atomic E-state index is 5.71. The molecule has 0 bridgehead atoms. The molecule has 1 atom stereocenters. The van der Waals surface area contributed by atoms with Gasteiger partial charge >= 0.3 is 0 Å². The molecule has 0 amide bonds. The van der Waals surface area contributed by atoms with Gasteiger partial charge in [0.25, 0.3) is 0 Å². The van der Waals surface area contributed by atoms with Crippen LogP contribution in [-0.2, 0) is 0 Å². The number of hydrogen-bond donors (Lipinski definition) is 2. The summed E-state index contributed by atoms with van der Waals surface area (Å²) in [6.45, 7) is 4.93. The van der Waals surface area contributed by atoms with Gasteiger partial charge in [0.05, 0.1) is 12.8 Å². The van der Waals surface area contributed by atoms with Crippen LogP contribution in [0.5, 0.6) is 5.75 Å². The van der Waals surface area contributed by atoms with Gasteiger partial charge in [-0.1, -0.05) is 26.0 Å². The minimum absolute atomic E-state index is 0.279. The number of methoxy groups -OCH3 is 1. The summed E-state index contributed by atoms with van der Waals surface area (Å²) in [7, 11) is 1.67. The Balaban J connectivity index is 2.78. The van der Waals surface area contributed by atoms with Crippen LogP contribution in [0.25, 0.3) is 0 Å². The number of benzene rings is 1. The molecule has 1 aromatic rings. The highest BCUT2D eigenvalue weighted by Gasteiger charge is 2.12. The minimum Gasteiger partial charge on any atom is -0.495 e. The zero-order valence-corrected chi connectivity index (χ0v) is 9.66. The monoisotopic (exact) mass is 208 g/mol. The van der Waals surface area contributed by atoms with Crippen LogP contribution in [0.4, 0.5) is 5.69 Å². The van der Waals surface area contributed by atoms with Gasteiger partial charge in [0.2, 0.25) is 0 Å². The van der Waals surface area contributed by atoms with Gasteiger partial charge in [-0.15, -0.1) is 0 Å². The second-order valence-electron chi connectivity index (χ2n) is 3.93. The van der Waals surface area contributed by atoms with Crippen LogP contribution in [0.3, 0.4) is 0 Å². The van der Waals surface area contributed by atoms with Crippen LogP contribution in [0, 0.1) is 5.92 Å². The van der Waals surface area contributed by atoms with Crippen molar-refractivity contribution in [1.82, 2.24) is 0 Å². The van der Waals surface area contributed by atoms with Crippen LogP contribution in [0.2, 0.25) is 0 Å². The zero-order chi connectivity index (χ0) is 11.3. The van der Waals surface area contributed by atoms with Crippen molar-refractivity contribution >= 4 is 5.69 Å². The molecule has 15 heavy (non-hydrogen) atoms. The molecule has 3 N–H and O–H groups in total. The van der Waals surface area contributed by atoms with Gasteiger partial charge in [-0.25, -0.2) is 0 Å². The van der Waals surface area contributed by atoms with Crippen LogP contribution < -0.4 is 15.8 Å². The SMILES string of the molecule is COc1ccccc1NC(CN)C(C)C. The lowest BCUT2D eigenvalue weighted by Crippen LogP contribution is -2.33. The van der Waals surface area contributed by atoms with Gasteiger partial charge in [-0.3, -0.25) is 0 Å². The van der Waals surface area contributed by atoms with Gasteiger partial charge in [0.1, 0.15) is 5.75 Å². The average molecular weight is 208 g/mol. The summed E-state index contributed by atoms with van der Waals surface area (Å²) < 4.78 is 5.27. The number of hydrogen-bond acceptors (Lipinski definition) is 3. The predicted octanol–water partition coefficient (Wildman–Crippen LogP) is 2.09. The summed E-state index contributed by atoms with van der Waals surface area (Å²) >= 11 is 0. The Labute approximate surface area is 91.6 Å². The van der Waals surface area contributed by atoms with Crippen molar-refractivity contribution in [2.45, 2.75) is 19.9 Å². The first kappa shape index (κ1) is 11.9. The van der Waals surface area contributed by atoms with Crippen molar-refractivity contribution in [3.05, 3.63) is 24.3 Å². The average Bonchev–Trinajstić information content (AvgIpc) is 2.25. The van der Waals surface area contributed by atoms with Crippen molar-refractivity contribution in [3.63, 3.8) is 0 Å². The third kappa shape index (κ3) is 3.13. The molecule has 0 radical (unpaired) electrons. The summed E-state index contributed by atoms with van der Waals surface area (Å²) in [4.78, 5) is 0. The second-order valence-corrected chi connectivity index (χ2v) is 3.93. The molecule has 0 heterocycles. The highest BCUT2D eigenvalue weighted by atomic mass is 16.5. The first-order valence-electron chi connectivity index (χ1n) is 5.28. The Bertz CT molecular complexity index is 299. The quantitative estimate of drug-likeness (QED) is 0.779. The Morgan fingerprint density at radius 1 is 1.33 bits per heavy atom. The van der Waals surface area contributed by atoms with E-state index in [1.165, 1.54) is 0 Å². The Morgan fingerprint density at radius 3 is 2.53 bits per heavy atom. The maximum Gasteiger partial charge on any atom is 0.141 e. The topological polar surface area (TPSA) is 47.3 Å². The molecule has 0 spiro atoms. The molecule has 0 saturated heterocycles. The van der Waals surface area contributed by atoms with E-state index in [2.05, 4.69) is 19.2 Å². The van der Waals surface area contributed by atoms with Gasteiger partial charge in [-0.05, 0) is 18.1 Å². The van der Waals surface area contributed by atoms with E-state index in [0.29, 0.717) is 12.5 Å². The summed E-state index contributed by atoms with van der Waals surface area (Å²) in [6.07, 6.45) is 0. The Morgan fingerprint density at radius 2 is 2.00 bits per heavy atom. The molecule has 0 saturated carbocycles. The van der Waals surface area contributed by atoms with E-state index >= 15 is 0 Å². The molecule has 1 rings (SSSR count). The summed E-state index contributed by atoms with van der Waals surface area (Å²) in [5, 5.41) is 3.40. The highest BCUT2D eigenvalue weighted by Crippen LogP contribution is 2.24. The van der Waals surface area contributed by atoms with E-state index in [0.717, 1.165) is 11.4 Å². The normalized spacial score (nSPS) is 12.6. The van der Waals surface area contributed by atoms with Crippen LogP contribution >= 0.6 is 0 Å². The first-order chi connectivity index (χ1) is 7.19. The standard InChI is InChI=1S/C12H20N2O/c1-9(2)11(8-13)14-10-6-4-5-7-12(10)15-3/h4-7,9,11,14H,8,13H2,1-3H3. The molecule has 0 aliphatic heterocycles. The molecule has 0 fully saturated rings. The maximum atomic E-state index is 5.71. The number of para-hydroxylation sites is 2. The molecule has 1 unspecified atom stereocenters. The third-order valence-electron chi connectivity index (χ3n) is 2.51. The molecular formula is C12H20N2O. The molecular weight excluding hydrogens is 188 g/mol. The number of nitrogens with two attached hydrogens (primary N) is 1.